The van der Waals surface area contributed by atoms with Crippen LogP contribution in [0.5, 0.6) is 0 Å². The lowest BCUT2D eigenvalue weighted by atomic mass is 9.92. The number of carboxylic acid groups (broad SMARTS) is 1. The van der Waals surface area contributed by atoms with Crippen LogP contribution in [0.1, 0.15) is 73.1 Å². The monoisotopic (exact) mass is 513 g/mol. The molecule has 2 heterocycles. The Kier molecular flexibility index (Phi) is 9.25. The number of amides is 1. The summed E-state index contributed by atoms with van der Waals surface area (Å²) in [5, 5.41) is 12.6. The zero-order chi connectivity index (χ0) is 28.0. The van der Waals surface area contributed by atoms with Gasteiger partial charge in [-0.05, 0) is 85.4 Å². The molecule has 2 atom stereocenters. The summed E-state index contributed by atoms with van der Waals surface area (Å²) in [4.78, 5) is 42.7. The number of rotatable bonds is 10. The molecule has 0 fully saturated rings. The second-order valence-electron chi connectivity index (χ2n) is 10.2. The van der Waals surface area contributed by atoms with Crippen LogP contribution >= 0.6 is 0 Å². The number of aromatic nitrogens is 2. The molecule has 0 aliphatic carbocycles. The van der Waals surface area contributed by atoms with Crippen LogP contribution in [0.3, 0.4) is 0 Å². The summed E-state index contributed by atoms with van der Waals surface area (Å²) in [6, 6.07) is 9.34. The molecule has 3 aromatic rings. The van der Waals surface area contributed by atoms with Crippen LogP contribution in [-0.4, -0.2) is 26.5 Å². The fourth-order valence-electron chi connectivity index (χ4n) is 4.65. The SMILES string of the molecule is C#Cc1ncc(C(CC(=O)O)NC(=O)C(CCC(C)C)n2ccc(C)cc2=O)cc1-c1c(C)cccc1C. The molecule has 0 spiro atoms. The summed E-state index contributed by atoms with van der Waals surface area (Å²) in [5.74, 6) is 1.45. The predicted molar refractivity (Wildman–Crippen MR) is 149 cm³/mol. The van der Waals surface area contributed by atoms with Gasteiger partial charge >= 0.3 is 5.97 Å². The predicted octanol–water partition coefficient (Wildman–Crippen LogP) is 5.13. The van der Waals surface area contributed by atoms with Crippen LogP contribution in [0.25, 0.3) is 11.1 Å². The Morgan fingerprint density at radius 3 is 2.37 bits per heavy atom. The minimum Gasteiger partial charge on any atom is -0.481 e. The number of aryl methyl sites for hydroxylation is 3. The Morgan fingerprint density at radius 1 is 1.11 bits per heavy atom. The van der Waals surface area contributed by atoms with Crippen molar-refractivity contribution in [2.75, 3.05) is 0 Å². The lowest BCUT2D eigenvalue weighted by Crippen LogP contribution is -2.39. The first kappa shape index (κ1) is 28.4. The number of terminal acetylenes is 1. The molecular formula is C31H35N3O4. The maximum Gasteiger partial charge on any atom is 0.305 e. The van der Waals surface area contributed by atoms with E-state index in [2.05, 4.69) is 16.2 Å². The number of nitrogens with zero attached hydrogens (tertiary/aromatic N) is 2. The molecule has 7 nitrogen and oxygen atoms in total. The number of pyridine rings is 2. The van der Waals surface area contributed by atoms with E-state index in [0.29, 0.717) is 29.2 Å². The van der Waals surface area contributed by atoms with Crippen LogP contribution in [0.4, 0.5) is 0 Å². The Morgan fingerprint density at radius 2 is 1.79 bits per heavy atom. The summed E-state index contributed by atoms with van der Waals surface area (Å²) >= 11 is 0. The third-order valence-corrected chi connectivity index (χ3v) is 6.65. The summed E-state index contributed by atoms with van der Waals surface area (Å²) in [7, 11) is 0. The lowest BCUT2D eigenvalue weighted by Gasteiger charge is -2.25. The summed E-state index contributed by atoms with van der Waals surface area (Å²) in [5.41, 5.74) is 5.13. The molecule has 1 amide bonds. The van der Waals surface area contributed by atoms with E-state index >= 15 is 0 Å². The molecular weight excluding hydrogens is 478 g/mol. The topological polar surface area (TPSA) is 101 Å². The maximum atomic E-state index is 13.6. The van der Waals surface area contributed by atoms with Crippen LogP contribution < -0.4 is 10.9 Å². The molecule has 7 heteroatoms. The van der Waals surface area contributed by atoms with Gasteiger partial charge in [-0.3, -0.25) is 14.4 Å². The molecule has 2 unspecified atom stereocenters. The third-order valence-electron chi connectivity index (χ3n) is 6.65. The van der Waals surface area contributed by atoms with Gasteiger partial charge in [0.1, 0.15) is 11.7 Å². The van der Waals surface area contributed by atoms with Gasteiger partial charge in [-0.25, -0.2) is 4.98 Å². The van der Waals surface area contributed by atoms with Crippen LogP contribution in [0, 0.1) is 39.0 Å². The molecule has 0 radical (unpaired) electrons. The van der Waals surface area contributed by atoms with E-state index in [-0.39, 0.29) is 12.0 Å². The van der Waals surface area contributed by atoms with Crippen molar-refractivity contribution in [3.8, 4) is 23.5 Å². The highest BCUT2D eigenvalue weighted by atomic mass is 16.4. The number of nitrogens with one attached hydrogen (secondary N) is 1. The van der Waals surface area contributed by atoms with Crippen molar-refractivity contribution < 1.29 is 14.7 Å². The first-order valence-corrected chi connectivity index (χ1v) is 12.8. The third kappa shape index (κ3) is 6.77. The minimum atomic E-state index is -1.07. The van der Waals surface area contributed by atoms with Crippen molar-refractivity contribution in [2.24, 2.45) is 5.92 Å². The van der Waals surface area contributed by atoms with Crippen molar-refractivity contribution in [1.82, 2.24) is 14.9 Å². The van der Waals surface area contributed by atoms with E-state index in [1.165, 1.54) is 16.8 Å². The summed E-state index contributed by atoms with van der Waals surface area (Å²) < 4.78 is 1.42. The molecule has 38 heavy (non-hydrogen) atoms. The molecule has 0 saturated heterocycles. The van der Waals surface area contributed by atoms with Gasteiger partial charge in [0.15, 0.2) is 0 Å². The van der Waals surface area contributed by atoms with E-state index in [1.54, 1.807) is 12.3 Å². The molecule has 3 rings (SSSR count). The van der Waals surface area contributed by atoms with Gasteiger partial charge < -0.3 is 15.0 Å². The van der Waals surface area contributed by atoms with Gasteiger partial charge in [0.05, 0.1) is 12.5 Å². The smallest absolute Gasteiger partial charge is 0.305 e. The van der Waals surface area contributed by atoms with E-state index in [0.717, 1.165) is 28.7 Å². The number of carboxylic acids is 1. The zero-order valence-corrected chi connectivity index (χ0v) is 22.6. The first-order chi connectivity index (χ1) is 18.0. The van der Waals surface area contributed by atoms with E-state index in [9.17, 15) is 19.5 Å². The highest BCUT2D eigenvalue weighted by Gasteiger charge is 2.27. The molecule has 2 aromatic heterocycles. The number of benzene rings is 1. The van der Waals surface area contributed by atoms with Crippen LogP contribution in [0.2, 0.25) is 0 Å². The molecule has 0 bridgehead atoms. The van der Waals surface area contributed by atoms with Crippen LogP contribution in [-0.2, 0) is 9.59 Å². The number of carbonyl (C=O) groups is 2. The van der Waals surface area contributed by atoms with Crippen molar-refractivity contribution in [3.63, 3.8) is 0 Å². The van der Waals surface area contributed by atoms with Gasteiger partial charge in [-0.2, -0.15) is 0 Å². The van der Waals surface area contributed by atoms with Gasteiger partial charge in [-0.1, -0.05) is 32.0 Å². The largest absolute Gasteiger partial charge is 0.481 e. The number of hydrogen-bond acceptors (Lipinski definition) is 4. The first-order valence-electron chi connectivity index (χ1n) is 12.8. The molecule has 1 aromatic carbocycles. The van der Waals surface area contributed by atoms with Gasteiger partial charge in [0, 0.05) is 24.0 Å². The lowest BCUT2D eigenvalue weighted by molar-refractivity contribution is -0.138. The van der Waals surface area contributed by atoms with Gasteiger partial charge in [0.2, 0.25) is 5.91 Å². The average molecular weight is 514 g/mol. The van der Waals surface area contributed by atoms with Crippen molar-refractivity contribution in [2.45, 2.75) is 66.0 Å². The molecule has 0 aliphatic rings. The Labute approximate surface area is 223 Å². The standard InChI is InChI=1S/C31H35N3O4/c1-7-25-24(30-21(5)9-8-10-22(30)6)16-23(18-32-25)26(17-29(36)37)33-31(38)27(12-11-19(2)3)34-14-13-20(4)15-28(34)35/h1,8-10,13-16,18-19,26-27H,11-12,17H2,2-6H3,(H,33,38)(H,36,37). The van der Waals surface area contributed by atoms with E-state index < -0.39 is 24.0 Å². The molecule has 0 saturated carbocycles. The molecule has 2 N–H and O–H groups in total. The van der Waals surface area contributed by atoms with E-state index in [1.807, 2.05) is 58.9 Å². The summed E-state index contributed by atoms with van der Waals surface area (Å²) in [6.07, 6.45) is 9.70. The van der Waals surface area contributed by atoms with Crippen molar-refractivity contribution in [1.29, 1.82) is 0 Å². The highest BCUT2D eigenvalue weighted by Crippen LogP contribution is 2.32. The maximum absolute atomic E-state index is 13.6. The fraction of sp³-hybridized carbons (Fsp3) is 0.355. The Balaban J connectivity index is 2.05. The second kappa shape index (κ2) is 12.4. The summed E-state index contributed by atoms with van der Waals surface area (Å²) in [6.45, 7) is 9.87. The van der Waals surface area contributed by atoms with Gasteiger partial charge in [-0.15, -0.1) is 6.42 Å². The molecule has 198 valence electrons. The minimum absolute atomic E-state index is 0.277. The Bertz CT molecular complexity index is 1410. The normalized spacial score (nSPS) is 12.6. The quantitative estimate of drug-likeness (QED) is 0.366. The number of aliphatic carboxylic acids is 1. The van der Waals surface area contributed by atoms with Crippen LogP contribution in [0.15, 0.2) is 53.6 Å². The number of carbonyl (C=O) groups excluding carboxylic acids is 1. The zero-order valence-electron chi connectivity index (χ0n) is 22.6. The number of hydrogen-bond donors (Lipinski definition) is 2. The highest BCUT2D eigenvalue weighted by molar-refractivity contribution is 5.82. The molecule has 0 aliphatic heterocycles. The van der Waals surface area contributed by atoms with Gasteiger partial charge in [0.25, 0.3) is 5.56 Å². The Hall–Kier alpha value is -4.18. The second-order valence-corrected chi connectivity index (χ2v) is 10.2. The fourth-order valence-corrected chi connectivity index (χ4v) is 4.65. The van der Waals surface area contributed by atoms with E-state index in [4.69, 9.17) is 6.42 Å². The average Bonchev–Trinajstić information content (AvgIpc) is 2.84. The van der Waals surface area contributed by atoms with Crippen molar-refractivity contribution in [3.05, 3.63) is 87.1 Å². The van der Waals surface area contributed by atoms with Crippen molar-refractivity contribution >= 4 is 11.9 Å².